The van der Waals surface area contributed by atoms with Gasteiger partial charge < -0.3 is 5.32 Å². The van der Waals surface area contributed by atoms with E-state index in [1.165, 1.54) is 31.2 Å². The van der Waals surface area contributed by atoms with Crippen LogP contribution in [0.3, 0.4) is 0 Å². The molecule has 2 rings (SSSR count). The molecule has 0 saturated heterocycles. The first-order valence-corrected chi connectivity index (χ1v) is 6.61. The van der Waals surface area contributed by atoms with E-state index in [-0.39, 0.29) is 0 Å². The lowest BCUT2D eigenvalue weighted by Crippen LogP contribution is -2.43. The lowest BCUT2D eigenvalue weighted by Gasteiger charge is -2.39. The molecule has 0 bridgehead atoms. The number of rotatable bonds is 4. The molecule has 0 amide bonds. The number of fused-ring (bicyclic) bond motifs is 1. The molecule has 1 aromatic rings. The molecule has 1 nitrogen and oxygen atoms in total. The molecule has 0 spiro atoms. The van der Waals surface area contributed by atoms with Crippen molar-refractivity contribution in [1.29, 1.82) is 0 Å². The summed E-state index contributed by atoms with van der Waals surface area (Å²) in [6.45, 7) is 6.81. The van der Waals surface area contributed by atoms with Crippen LogP contribution in [-0.4, -0.2) is 6.54 Å². The molecule has 0 aliphatic carbocycles. The van der Waals surface area contributed by atoms with Crippen LogP contribution in [0.25, 0.3) is 0 Å². The summed E-state index contributed by atoms with van der Waals surface area (Å²) in [5.74, 6) is 0. The van der Waals surface area contributed by atoms with Gasteiger partial charge in [0.1, 0.15) is 0 Å². The molecule has 0 radical (unpaired) electrons. The fourth-order valence-corrected chi connectivity index (χ4v) is 3.25. The zero-order valence-corrected chi connectivity index (χ0v) is 10.6. The second-order valence-electron chi connectivity index (χ2n) is 5.04. The van der Waals surface area contributed by atoms with Crippen molar-refractivity contribution < 1.29 is 0 Å². The summed E-state index contributed by atoms with van der Waals surface area (Å²) in [6, 6.07) is 8.99. The summed E-state index contributed by atoms with van der Waals surface area (Å²) in [5.41, 5.74) is 3.52. The molecule has 1 aliphatic heterocycles. The van der Waals surface area contributed by atoms with E-state index in [0.29, 0.717) is 5.41 Å². The van der Waals surface area contributed by atoms with Gasteiger partial charge in [-0.2, -0.15) is 0 Å². The topological polar surface area (TPSA) is 12.0 Å². The predicted molar refractivity (Wildman–Crippen MR) is 69.6 cm³/mol. The van der Waals surface area contributed by atoms with Crippen LogP contribution in [0.5, 0.6) is 0 Å². The summed E-state index contributed by atoms with van der Waals surface area (Å²) in [4.78, 5) is 0. The van der Waals surface area contributed by atoms with Crippen molar-refractivity contribution in [1.82, 2.24) is 5.32 Å². The summed E-state index contributed by atoms with van der Waals surface area (Å²) < 4.78 is 0. The summed E-state index contributed by atoms with van der Waals surface area (Å²) in [7, 11) is 0. The van der Waals surface area contributed by atoms with Crippen molar-refractivity contribution in [2.45, 2.75) is 51.5 Å². The molecular weight excluding hydrogens is 194 g/mol. The highest BCUT2D eigenvalue weighted by Gasteiger charge is 2.34. The van der Waals surface area contributed by atoms with E-state index in [9.17, 15) is 0 Å². The van der Waals surface area contributed by atoms with Crippen molar-refractivity contribution >= 4 is 0 Å². The Labute approximate surface area is 99.3 Å². The molecule has 0 fully saturated rings. The van der Waals surface area contributed by atoms with Crippen molar-refractivity contribution in [2.24, 2.45) is 0 Å². The highest BCUT2D eigenvalue weighted by atomic mass is 14.9. The molecule has 1 heterocycles. The Morgan fingerprint density at radius 3 is 2.50 bits per heavy atom. The zero-order chi connectivity index (χ0) is 11.4. The van der Waals surface area contributed by atoms with Crippen LogP contribution in [0.2, 0.25) is 0 Å². The highest BCUT2D eigenvalue weighted by Crippen LogP contribution is 2.38. The maximum atomic E-state index is 3.60. The Hall–Kier alpha value is -0.820. The van der Waals surface area contributed by atoms with Gasteiger partial charge in [-0.15, -0.1) is 0 Å². The van der Waals surface area contributed by atoms with Gasteiger partial charge >= 0.3 is 0 Å². The summed E-state index contributed by atoms with van der Waals surface area (Å²) >= 11 is 0. The molecule has 0 atom stereocenters. The standard InChI is InChI=1S/C15H23N/c1-3-9-15(10-4-2)12-16-11-13-7-5-6-8-14(13)15/h5-8,16H,3-4,9-12H2,1-2H3. The van der Waals surface area contributed by atoms with Crippen molar-refractivity contribution in [3.05, 3.63) is 35.4 Å². The molecule has 16 heavy (non-hydrogen) atoms. The Morgan fingerprint density at radius 2 is 1.81 bits per heavy atom. The Kier molecular flexibility index (Phi) is 3.65. The molecule has 1 aliphatic rings. The van der Waals surface area contributed by atoms with Crippen LogP contribution >= 0.6 is 0 Å². The normalized spacial score (nSPS) is 18.1. The fourth-order valence-electron chi connectivity index (χ4n) is 3.25. The second kappa shape index (κ2) is 5.01. The van der Waals surface area contributed by atoms with Crippen molar-refractivity contribution in [3.8, 4) is 0 Å². The average Bonchev–Trinajstić information content (AvgIpc) is 2.30. The van der Waals surface area contributed by atoms with E-state index < -0.39 is 0 Å². The minimum absolute atomic E-state index is 0.401. The molecular formula is C15H23N. The smallest absolute Gasteiger partial charge is 0.0208 e. The lowest BCUT2D eigenvalue weighted by atomic mass is 9.70. The predicted octanol–water partition coefficient (Wildman–Crippen LogP) is 3.63. The van der Waals surface area contributed by atoms with Gasteiger partial charge in [-0.05, 0) is 24.0 Å². The fraction of sp³-hybridized carbons (Fsp3) is 0.600. The van der Waals surface area contributed by atoms with Gasteiger partial charge in [-0.3, -0.25) is 0 Å². The lowest BCUT2D eigenvalue weighted by molar-refractivity contribution is 0.314. The van der Waals surface area contributed by atoms with Gasteiger partial charge in [0, 0.05) is 18.5 Å². The molecule has 1 heteroatoms. The highest BCUT2D eigenvalue weighted by molar-refractivity contribution is 5.37. The van der Waals surface area contributed by atoms with Crippen LogP contribution in [-0.2, 0) is 12.0 Å². The van der Waals surface area contributed by atoms with Gasteiger partial charge in [0.15, 0.2) is 0 Å². The molecule has 88 valence electrons. The van der Waals surface area contributed by atoms with Crippen LogP contribution in [0.1, 0.15) is 50.7 Å². The molecule has 0 aromatic heterocycles. The Morgan fingerprint density at radius 1 is 1.12 bits per heavy atom. The van der Waals surface area contributed by atoms with Gasteiger partial charge in [-0.25, -0.2) is 0 Å². The SMILES string of the molecule is CCCC1(CCC)CNCc2ccccc21. The minimum atomic E-state index is 0.401. The van der Waals surface area contributed by atoms with E-state index >= 15 is 0 Å². The van der Waals surface area contributed by atoms with Crippen LogP contribution < -0.4 is 5.32 Å². The third-order valence-electron chi connectivity index (χ3n) is 3.82. The number of benzene rings is 1. The minimum Gasteiger partial charge on any atom is -0.312 e. The van der Waals surface area contributed by atoms with Crippen molar-refractivity contribution in [2.75, 3.05) is 6.54 Å². The van der Waals surface area contributed by atoms with E-state index in [0.717, 1.165) is 13.1 Å². The summed E-state index contributed by atoms with van der Waals surface area (Å²) in [5, 5.41) is 3.60. The first-order chi connectivity index (χ1) is 7.82. The molecule has 1 aromatic carbocycles. The first-order valence-electron chi connectivity index (χ1n) is 6.61. The van der Waals surface area contributed by atoms with Gasteiger partial charge in [0.2, 0.25) is 0 Å². The van der Waals surface area contributed by atoms with Crippen LogP contribution in [0.15, 0.2) is 24.3 Å². The number of nitrogens with one attached hydrogen (secondary N) is 1. The third kappa shape index (κ3) is 2.01. The van der Waals surface area contributed by atoms with E-state index in [1.807, 2.05) is 0 Å². The van der Waals surface area contributed by atoms with Gasteiger partial charge in [0.05, 0.1) is 0 Å². The number of hydrogen-bond acceptors (Lipinski definition) is 1. The van der Waals surface area contributed by atoms with E-state index in [2.05, 4.69) is 43.4 Å². The number of hydrogen-bond donors (Lipinski definition) is 1. The van der Waals surface area contributed by atoms with Gasteiger partial charge in [-0.1, -0.05) is 51.0 Å². The Bertz CT molecular complexity index is 337. The largest absolute Gasteiger partial charge is 0.312 e. The van der Waals surface area contributed by atoms with E-state index in [4.69, 9.17) is 0 Å². The molecule has 0 unspecified atom stereocenters. The molecule has 1 N–H and O–H groups in total. The average molecular weight is 217 g/mol. The van der Waals surface area contributed by atoms with Gasteiger partial charge in [0.25, 0.3) is 0 Å². The maximum Gasteiger partial charge on any atom is 0.0208 e. The monoisotopic (exact) mass is 217 g/mol. The maximum absolute atomic E-state index is 3.60. The van der Waals surface area contributed by atoms with Crippen LogP contribution in [0.4, 0.5) is 0 Å². The van der Waals surface area contributed by atoms with Crippen molar-refractivity contribution in [3.63, 3.8) is 0 Å². The van der Waals surface area contributed by atoms with E-state index in [1.54, 1.807) is 5.56 Å². The van der Waals surface area contributed by atoms with Crippen LogP contribution in [0, 0.1) is 0 Å². The first kappa shape index (κ1) is 11.7. The third-order valence-corrected chi connectivity index (χ3v) is 3.82. The Balaban J connectivity index is 2.39. The quantitative estimate of drug-likeness (QED) is 0.812. The summed E-state index contributed by atoms with van der Waals surface area (Å²) in [6.07, 6.45) is 5.17. The molecule has 0 saturated carbocycles. The zero-order valence-electron chi connectivity index (χ0n) is 10.6. The second-order valence-corrected chi connectivity index (χ2v) is 5.04.